The van der Waals surface area contributed by atoms with Crippen LogP contribution in [0.3, 0.4) is 0 Å². The van der Waals surface area contributed by atoms with Gasteiger partial charge in [0.25, 0.3) is 0 Å². The van der Waals surface area contributed by atoms with Crippen molar-refractivity contribution in [1.82, 2.24) is 5.32 Å². The van der Waals surface area contributed by atoms with Gasteiger partial charge in [0, 0.05) is 11.5 Å². The van der Waals surface area contributed by atoms with Gasteiger partial charge in [-0.25, -0.2) is 0 Å². The molecule has 1 fully saturated rings. The van der Waals surface area contributed by atoms with Gasteiger partial charge in [0.05, 0.1) is 0 Å². The Kier molecular flexibility index (Phi) is 5.26. The summed E-state index contributed by atoms with van der Waals surface area (Å²) in [5.41, 5.74) is 1.66. The number of benzene rings is 1. The van der Waals surface area contributed by atoms with Crippen LogP contribution in [-0.2, 0) is 5.41 Å². The Morgan fingerprint density at radius 3 is 2.25 bits per heavy atom. The molecule has 20 heavy (non-hydrogen) atoms. The molecule has 1 heteroatoms. The van der Waals surface area contributed by atoms with Crippen molar-refractivity contribution in [3.05, 3.63) is 35.9 Å². The molecule has 0 heterocycles. The maximum atomic E-state index is 3.81. The smallest absolute Gasteiger partial charge is 0.0187 e. The molecule has 0 saturated heterocycles. The van der Waals surface area contributed by atoms with Crippen LogP contribution in [0.15, 0.2) is 30.3 Å². The van der Waals surface area contributed by atoms with E-state index in [1.54, 1.807) is 0 Å². The minimum Gasteiger partial charge on any atom is -0.313 e. The molecule has 1 saturated carbocycles. The summed E-state index contributed by atoms with van der Waals surface area (Å²) in [6, 6.07) is 11.6. The van der Waals surface area contributed by atoms with Crippen LogP contribution in [-0.4, -0.2) is 12.6 Å². The summed E-state index contributed by atoms with van der Waals surface area (Å²) in [7, 11) is 0. The molecule has 112 valence electrons. The number of hydrogen-bond donors (Lipinski definition) is 1. The SMILES string of the molecule is CCNC(C1CCC(C)CC1)C(C)(C)c1ccccc1. The van der Waals surface area contributed by atoms with Crippen molar-refractivity contribution >= 4 is 0 Å². The first kappa shape index (κ1) is 15.6. The molecular weight excluding hydrogens is 242 g/mol. The van der Waals surface area contributed by atoms with Gasteiger partial charge in [-0.05, 0) is 36.8 Å². The van der Waals surface area contributed by atoms with E-state index in [2.05, 4.69) is 63.3 Å². The highest BCUT2D eigenvalue weighted by Gasteiger charge is 2.37. The first-order valence-corrected chi connectivity index (χ1v) is 8.34. The second kappa shape index (κ2) is 6.76. The fourth-order valence-electron chi connectivity index (χ4n) is 3.90. The molecular formula is C19H31N. The third-order valence-electron chi connectivity index (χ3n) is 5.25. The van der Waals surface area contributed by atoms with Crippen molar-refractivity contribution in [1.29, 1.82) is 0 Å². The number of nitrogens with one attached hydrogen (secondary N) is 1. The van der Waals surface area contributed by atoms with Crippen molar-refractivity contribution in [2.75, 3.05) is 6.54 Å². The third kappa shape index (κ3) is 3.44. The van der Waals surface area contributed by atoms with Gasteiger partial charge in [-0.2, -0.15) is 0 Å². The predicted molar refractivity (Wildman–Crippen MR) is 88.1 cm³/mol. The predicted octanol–water partition coefficient (Wildman–Crippen LogP) is 4.77. The van der Waals surface area contributed by atoms with Gasteiger partial charge in [0.2, 0.25) is 0 Å². The summed E-state index contributed by atoms with van der Waals surface area (Å²) in [5.74, 6) is 1.75. The minimum absolute atomic E-state index is 0.197. The zero-order chi connectivity index (χ0) is 14.6. The van der Waals surface area contributed by atoms with E-state index in [9.17, 15) is 0 Å². The second-order valence-electron chi connectivity index (χ2n) is 7.14. The highest BCUT2D eigenvalue weighted by atomic mass is 14.9. The molecule has 1 N–H and O–H groups in total. The number of likely N-dealkylation sites (N-methyl/N-ethyl adjacent to an activating group) is 1. The molecule has 1 nitrogen and oxygen atoms in total. The van der Waals surface area contributed by atoms with E-state index < -0.39 is 0 Å². The third-order valence-corrected chi connectivity index (χ3v) is 5.25. The summed E-state index contributed by atoms with van der Waals surface area (Å²) in [4.78, 5) is 0. The molecule has 0 bridgehead atoms. The van der Waals surface area contributed by atoms with Gasteiger partial charge in [0.15, 0.2) is 0 Å². The van der Waals surface area contributed by atoms with E-state index in [-0.39, 0.29) is 5.41 Å². The monoisotopic (exact) mass is 273 g/mol. The topological polar surface area (TPSA) is 12.0 Å². The van der Waals surface area contributed by atoms with E-state index in [1.807, 2.05) is 0 Å². The molecule has 0 amide bonds. The van der Waals surface area contributed by atoms with Gasteiger partial charge in [-0.1, -0.05) is 70.9 Å². The van der Waals surface area contributed by atoms with Gasteiger partial charge in [-0.15, -0.1) is 0 Å². The first-order valence-electron chi connectivity index (χ1n) is 8.34. The zero-order valence-electron chi connectivity index (χ0n) is 13.7. The lowest BCUT2D eigenvalue weighted by atomic mass is 9.67. The molecule has 1 aromatic carbocycles. The first-order chi connectivity index (χ1) is 9.55. The van der Waals surface area contributed by atoms with Crippen LogP contribution in [0.2, 0.25) is 0 Å². The molecule has 1 aliphatic rings. The average Bonchev–Trinajstić information content (AvgIpc) is 2.47. The van der Waals surface area contributed by atoms with E-state index in [0.717, 1.165) is 18.4 Å². The van der Waals surface area contributed by atoms with E-state index in [1.165, 1.54) is 31.2 Å². The van der Waals surface area contributed by atoms with Crippen LogP contribution in [0.4, 0.5) is 0 Å². The van der Waals surface area contributed by atoms with Crippen LogP contribution in [0, 0.1) is 11.8 Å². The maximum absolute atomic E-state index is 3.81. The minimum atomic E-state index is 0.197. The highest BCUT2D eigenvalue weighted by Crippen LogP contribution is 2.38. The molecule has 0 radical (unpaired) electrons. The van der Waals surface area contributed by atoms with Gasteiger partial charge in [0.1, 0.15) is 0 Å². The van der Waals surface area contributed by atoms with Gasteiger partial charge < -0.3 is 5.32 Å². The molecule has 1 atom stereocenters. The molecule has 1 aromatic rings. The summed E-state index contributed by atoms with van der Waals surface area (Å²) in [6.45, 7) is 10.5. The highest BCUT2D eigenvalue weighted by molar-refractivity contribution is 5.26. The molecule has 1 unspecified atom stereocenters. The summed E-state index contributed by atoms with van der Waals surface area (Å²) in [5, 5.41) is 3.81. The van der Waals surface area contributed by atoms with Crippen molar-refractivity contribution < 1.29 is 0 Å². The van der Waals surface area contributed by atoms with Crippen molar-refractivity contribution in [3.63, 3.8) is 0 Å². The molecule has 0 aromatic heterocycles. The number of rotatable bonds is 5. The zero-order valence-corrected chi connectivity index (χ0v) is 13.7. The summed E-state index contributed by atoms with van der Waals surface area (Å²) in [6.07, 6.45) is 5.57. The van der Waals surface area contributed by atoms with Crippen molar-refractivity contribution in [2.45, 2.75) is 64.8 Å². The van der Waals surface area contributed by atoms with Crippen LogP contribution in [0.1, 0.15) is 58.9 Å². The van der Waals surface area contributed by atoms with Crippen molar-refractivity contribution in [3.8, 4) is 0 Å². The molecule has 2 rings (SSSR count). The Hall–Kier alpha value is -0.820. The summed E-state index contributed by atoms with van der Waals surface area (Å²) < 4.78 is 0. The maximum Gasteiger partial charge on any atom is 0.0187 e. The fraction of sp³-hybridized carbons (Fsp3) is 0.684. The van der Waals surface area contributed by atoms with Gasteiger partial charge >= 0.3 is 0 Å². The second-order valence-corrected chi connectivity index (χ2v) is 7.14. The molecule has 1 aliphatic carbocycles. The fourth-order valence-corrected chi connectivity index (χ4v) is 3.90. The Bertz CT molecular complexity index is 387. The molecule has 0 aliphatic heterocycles. The van der Waals surface area contributed by atoms with Crippen LogP contribution < -0.4 is 5.32 Å². The van der Waals surface area contributed by atoms with Crippen LogP contribution in [0.25, 0.3) is 0 Å². The largest absolute Gasteiger partial charge is 0.313 e. The van der Waals surface area contributed by atoms with Crippen LogP contribution >= 0.6 is 0 Å². The average molecular weight is 273 g/mol. The Labute approximate surface area is 125 Å². The Morgan fingerprint density at radius 2 is 1.70 bits per heavy atom. The lowest BCUT2D eigenvalue weighted by molar-refractivity contribution is 0.177. The van der Waals surface area contributed by atoms with E-state index in [0.29, 0.717) is 6.04 Å². The summed E-state index contributed by atoms with van der Waals surface area (Å²) >= 11 is 0. The lowest BCUT2D eigenvalue weighted by Crippen LogP contribution is -2.50. The molecule has 0 spiro atoms. The van der Waals surface area contributed by atoms with E-state index in [4.69, 9.17) is 0 Å². The van der Waals surface area contributed by atoms with Crippen molar-refractivity contribution in [2.24, 2.45) is 11.8 Å². The lowest BCUT2D eigenvalue weighted by Gasteiger charge is -2.43. The van der Waals surface area contributed by atoms with E-state index >= 15 is 0 Å². The standard InChI is InChI=1S/C19H31N/c1-5-20-18(16-13-11-15(2)12-14-16)19(3,4)17-9-7-6-8-10-17/h6-10,15-16,18,20H,5,11-14H2,1-4H3. The van der Waals surface area contributed by atoms with Crippen LogP contribution in [0.5, 0.6) is 0 Å². The normalized spacial score (nSPS) is 25.4. The Balaban J connectivity index is 2.19. The Morgan fingerprint density at radius 1 is 1.10 bits per heavy atom. The quantitative estimate of drug-likeness (QED) is 0.815. The number of hydrogen-bond acceptors (Lipinski definition) is 1. The van der Waals surface area contributed by atoms with Gasteiger partial charge in [-0.3, -0.25) is 0 Å².